The number of rotatable bonds is 0. The SMILES string of the molecule is O=S(=O)(O)O.[Hf].[O]=[Zr]. The van der Waals surface area contributed by atoms with Crippen LogP contribution in [0.1, 0.15) is 0 Å². The van der Waals surface area contributed by atoms with E-state index in [1.165, 1.54) is 0 Å². The molecule has 0 aliphatic rings. The maximum absolute atomic E-state index is 8.74. The van der Waals surface area contributed by atoms with Gasteiger partial charge in [-0.3, -0.25) is 9.11 Å². The normalized spacial score (nSPS) is 7.62. The van der Waals surface area contributed by atoms with Gasteiger partial charge in [0.15, 0.2) is 0 Å². The maximum atomic E-state index is 8.74. The third-order valence-corrected chi connectivity index (χ3v) is 0. The van der Waals surface area contributed by atoms with Gasteiger partial charge in [-0.05, 0) is 0 Å². The molecule has 0 amide bonds. The molecular formula is H2HfO5SZr. The van der Waals surface area contributed by atoms with Gasteiger partial charge in [0.1, 0.15) is 0 Å². The Balaban J connectivity index is -0.0000000750. The van der Waals surface area contributed by atoms with Gasteiger partial charge in [0.05, 0.1) is 0 Å². The molecule has 0 atom stereocenters. The van der Waals surface area contributed by atoms with E-state index in [1.54, 1.807) is 0 Å². The van der Waals surface area contributed by atoms with Crippen LogP contribution in [0.15, 0.2) is 0 Å². The summed E-state index contributed by atoms with van der Waals surface area (Å²) in [5.74, 6) is 0. The predicted molar refractivity (Wildman–Crippen MR) is 14.9 cm³/mol. The minimum absolute atomic E-state index is 0. The zero-order valence-electron chi connectivity index (χ0n) is 3.53. The van der Waals surface area contributed by atoms with Crippen molar-refractivity contribution in [3.8, 4) is 0 Å². The average Bonchev–Trinajstić information content (AvgIpc) is 1.36. The standard InChI is InChI=1S/Hf.H2O4S.O.Zr/c;1-5(2,3)4;;/h;(H2,1,2,3,4);;. The second kappa shape index (κ2) is 8.42. The van der Waals surface area contributed by atoms with Gasteiger partial charge < -0.3 is 0 Å². The molecule has 0 rings (SSSR count). The summed E-state index contributed by atoms with van der Waals surface area (Å²) in [6.07, 6.45) is 0. The Morgan fingerprint density at radius 2 is 1.12 bits per heavy atom. The van der Waals surface area contributed by atoms with Gasteiger partial charge in [-0.2, -0.15) is 8.42 Å². The van der Waals surface area contributed by atoms with Crippen molar-refractivity contribution in [1.82, 2.24) is 0 Å². The van der Waals surface area contributed by atoms with Crippen LogP contribution in [0, 0.1) is 0 Å². The molecule has 0 spiro atoms. The third-order valence-electron chi connectivity index (χ3n) is 0. The van der Waals surface area contributed by atoms with Crippen LogP contribution in [0.25, 0.3) is 0 Å². The second-order valence-electron chi connectivity index (χ2n) is 0.448. The summed E-state index contributed by atoms with van der Waals surface area (Å²) in [6.45, 7) is 0. The van der Waals surface area contributed by atoms with Gasteiger partial charge in [-0.25, -0.2) is 0 Å². The summed E-state index contributed by atoms with van der Waals surface area (Å²) in [5.41, 5.74) is 0. The van der Waals surface area contributed by atoms with E-state index in [1.807, 2.05) is 0 Å². The number of hydrogen-bond donors (Lipinski definition) is 2. The Bertz CT molecular complexity index is 106. The topological polar surface area (TPSA) is 91.7 Å². The van der Waals surface area contributed by atoms with Gasteiger partial charge in [0, 0.05) is 25.8 Å². The molecular weight excluding hydrogens is 382 g/mol. The van der Waals surface area contributed by atoms with Crippen molar-refractivity contribution in [3.63, 3.8) is 0 Å². The van der Waals surface area contributed by atoms with Crippen molar-refractivity contribution >= 4 is 10.4 Å². The Morgan fingerprint density at radius 3 is 1.12 bits per heavy atom. The molecule has 2 N–H and O–H groups in total. The van der Waals surface area contributed by atoms with Gasteiger partial charge in [0.25, 0.3) is 0 Å². The first-order chi connectivity index (χ1) is 3.00. The van der Waals surface area contributed by atoms with E-state index in [4.69, 9.17) is 20.3 Å². The molecule has 0 aromatic rings. The molecule has 8 heteroatoms. The molecule has 8 heavy (non-hydrogen) atoms. The van der Waals surface area contributed by atoms with Crippen molar-refractivity contribution in [2.45, 2.75) is 0 Å². The quantitative estimate of drug-likeness (QED) is 0.423. The molecule has 0 saturated carbocycles. The Morgan fingerprint density at radius 1 is 1.12 bits per heavy atom. The average molecular weight is 384 g/mol. The Labute approximate surface area is 80.5 Å². The molecule has 0 saturated heterocycles. The fourth-order valence-corrected chi connectivity index (χ4v) is 0. The van der Waals surface area contributed by atoms with Crippen LogP contribution in [0.5, 0.6) is 0 Å². The van der Waals surface area contributed by atoms with E-state index in [9.17, 15) is 0 Å². The third kappa shape index (κ3) is 151. The van der Waals surface area contributed by atoms with Crippen LogP contribution < -0.4 is 0 Å². The van der Waals surface area contributed by atoms with Crippen molar-refractivity contribution in [3.05, 3.63) is 0 Å². The summed E-state index contributed by atoms with van der Waals surface area (Å²) in [6, 6.07) is 0. The molecule has 5 nitrogen and oxygen atoms in total. The molecule has 0 heterocycles. The molecule has 0 aromatic heterocycles. The Hall–Kier alpha value is 1.42. The zero-order valence-corrected chi connectivity index (χ0v) is 10.4. The molecule has 0 aromatic carbocycles. The fourth-order valence-electron chi connectivity index (χ4n) is 0. The van der Waals surface area contributed by atoms with Crippen molar-refractivity contribution < 1.29 is 70.9 Å². The molecule has 0 aliphatic heterocycles. The van der Waals surface area contributed by atoms with E-state index in [2.05, 4.69) is 0 Å². The summed E-state index contributed by atoms with van der Waals surface area (Å²) >= 11 is 0.300. The van der Waals surface area contributed by atoms with Crippen LogP contribution in [-0.4, -0.2) is 17.5 Å². The van der Waals surface area contributed by atoms with Gasteiger partial charge in [0.2, 0.25) is 0 Å². The van der Waals surface area contributed by atoms with Gasteiger partial charge >= 0.3 is 37.9 Å². The van der Waals surface area contributed by atoms with E-state index < -0.39 is 10.4 Å². The monoisotopic (exact) mass is 384 g/mol. The molecule has 0 bridgehead atoms. The van der Waals surface area contributed by atoms with Crippen LogP contribution in [0.3, 0.4) is 0 Å². The van der Waals surface area contributed by atoms with E-state index in [-0.39, 0.29) is 25.8 Å². The van der Waals surface area contributed by atoms with Crippen LogP contribution >= 0.6 is 0 Å². The predicted octanol–water partition coefficient (Wildman–Crippen LogP) is -0.777. The van der Waals surface area contributed by atoms with Crippen LogP contribution in [0.4, 0.5) is 0 Å². The summed E-state index contributed by atoms with van der Waals surface area (Å²) in [5, 5.41) is 0. The van der Waals surface area contributed by atoms with Crippen molar-refractivity contribution in [1.29, 1.82) is 0 Å². The summed E-state index contributed by atoms with van der Waals surface area (Å²) in [7, 11) is -4.67. The van der Waals surface area contributed by atoms with Gasteiger partial charge in [-0.15, -0.1) is 0 Å². The Kier molecular flexibility index (Phi) is 17.1. The first-order valence-electron chi connectivity index (χ1n) is 0.903. The molecule has 0 fully saturated rings. The summed E-state index contributed by atoms with van der Waals surface area (Å²) < 4.78 is 39.9. The minimum atomic E-state index is -4.67. The molecule has 0 aliphatic carbocycles. The molecule has 0 radical (unpaired) electrons. The molecule has 46 valence electrons. The van der Waals surface area contributed by atoms with Crippen molar-refractivity contribution in [2.24, 2.45) is 0 Å². The van der Waals surface area contributed by atoms with Crippen LogP contribution in [0.2, 0.25) is 0 Å². The first-order valence-corrected chi connectivity index (χ1v) is 3.30. The van der Waals surface area contributed by atoms with Crippen LogP contribution in [-0.2, 0) is 63.8 Å². The van der Waals surface area contributed by atoms with E-state index in [0.717, 1.165) is 0 Å². The number of hydrogen-bond acceptors (Lipinski definition) is 3. The zero-order chi connectivity index (χ0) is 6.50. The van der Waals surface area contributed by atoms with E-state index in [0.29, 0.717) is 24.7 Å². The van der Waals surface area contributed by atoms with Crippen molar-refractivity contribution in [2.75, 3.05) is 0 Å². The van der Waals surface area contributed by atoms with E-state index >= 15 is 0 Å². The fraction of sp³-hybridized carbons (Fsp3) is 0. The second-order valence-corrected chi connectivity index (χ2v) is 1.34. The summed E-state index contributed by atoms with van der Waals surface area (Å²) in [4.78, 5) is 0. The first kappa shape index (κ1) is 16.2. The van der Waals surface area contributed by atoms with Gasteiger partial charge in [-0.1, -0.05) is 0 Å². The molecule has 0 unspecified atom stereocenters.